The molecule has 2 aromatic heterocycles. The molecule has 0 radical (unpaired) electrons. The second-order valence-corrected chi connectivity index (χ2v) is 9.54. The first-order valence-electron chi connectivity index (χ1n) is 12.3. The number of alkyl halides is 3. The molecule has 3 aromatic rings. The minimum Gasteiger partial charge on any atom is -0.496 e. The topological polar surface area (TPSA) is 62.6 Å². The van der Waals surface area contributed by atoms with Crippen molar-refractivity contribution in [2.24, 2.45) is 0 Å². The van der Waals surface area contributed by atoms with Gasteiger partial charge in [0.15, 0.2) is 0 Å². The van der Waals surface area contributed by atoms with Gasteiger partial charge in [0.2, 0.25) is 0 Å². The predicted molar refractivity (Wildman–Crippen MR) is 132 cm³/mol. The van der Waals surface area contributed by atoms with Gasteiger partial charge >= 0.3 is 12.1 Å². The number of aromatic nitrogens is 2. The van der Waals surface area contributed by atoms with E-state index in [9.17, 15) is 18.0 Å². The molecule has 0 aliphatic carbocycles. The molecule has 2 aliphatic rings. The van der Waals surface area contributed by atoms with Crippen LogP contribution in [0.25, 0.3) is 16.6 Å². The summed E-state index contributed by atoms with van der Waals surface area (Å²) >= 11 is 0. The monoisotopic (exact) mass is 517 g/mol. The van der Waals surface area contributed by atoms with Gasteiger partial charge in [-0.25, -0.2) is 4.52 Å². The number of nitrogens with zero attached hydrogens (tertiary/aromatic N) is 5. The third-order valence-electron chi connectivity index (χ3n) is 7.12. The van der Waals surface area contributed by atoms with Crippen molar-refractivity contribution in [1.29, 1.82) is 0 Å². The highest BCUT2D eigenvalue weighted by molar-refractivity contribution is 5.83. The lowest BCUT2D eigenvalue weighted by molar-refractivity contribution is -0.186. The zero-order valence-corrected chi connectivity index (χ0v) is 20.9. The Labute approximate surface area is 213 Å². The van der Waals surface area contributed by atoms with Crippen molar-refractivity contribution in [3.05, 3.63) is 47.8 Å². The normalized spacial score (nSPS) is 17.2. The van der Waals surface area contributed by atoms with Crippen LogP contribution >= 0.6 is 0 Å². The second kappa shape index (κ2) is 10.2. The average molecular weight is 518 g/mol. The highest BCUT2D eigenvalue weighted by Crippen LogP contribution is 2.36. The molecule has 4 heterocycles. The van der Waals surface area contributed by atoms with Crippen molar-refractivity contribution in [1.82, 2.24) is 24.3 Å². The number of hydrogen-bond acceptors (Lipinski definition) is 6. The van der Waals surface area contributed by atoms with Gasteiger partial charge in [-0.2, -0.15) is 18.3 Å². The lowest BCUT2D eigenvalue weighted by atomic mass is 9.93. The van der Waals surface area contributed by atoms with Crippen LogP contribution in [-0.2, 0) is 17.8 Å². The molecule has 37 heavy (non-hydrogen) atoms. The summed E-state index contributed by atoms with van der Waals surface area (Å²) < 4.78 is 52.1. The maximum absolute atomic E-state index is 12.9. The Morgan fingerprint density at radius 1 is 1.11 bits per heavy atom. The molecule has 0 saturated carbocycles. The molecule has 0 spiro atoms. The number of amides is 1. The molecule has 0 atom stereocenters. The number of halogens is 3. The zero-order valence-electron chi connectivity index (χ0n) is 20.9. The van der Waals surface area contributed by atoms with Crippen molar-refractivity contribution in [2.75, 3.05) is 60.0 Å². The molecule has 0 unspecified atom stereocenters. The molecular weight excluding hydrogens is 487 g/mol. The van der Waals surface area contributed by atoms with Crippen LogP contribution in [0.2, 0.25) is 0 Å². The largest absolute Gasteiger partial charge is 0.496 e. The van der Waals surface area contributed by atoms with Crippen molar-refractivity contribution in [2.45, 2.75) is 19.1 Å². The predicted octanol–water partition coefficient (Wildman–Crippen LogP) is 3.08. The van der Waals surface area contributed by atoms with Gasteiger partial charge in [0, 0.05) is 56.9 Å². The van der Waals surface area contributed by atoms with Crippen LogP contribution in [-0.4, -0.2) is 96.4 Å². The lowest BCUT2D eigenvalue weighted by Crippen LogP contribution is -2.45. The highest BCUT2D eigenvalue weighted by Gasteiger charge is 2.43. The molecule has 11 heteroatoms. The van der Waals surface area contributed by atoms with Crippen LogP contribution in [0.3, 0.4) is 0 Å². The number of likely N-dealkylation sites (N-methyl/N-ethyl adjacent to an activating group) is 1. The van der Waals surface area contributed by atoms with Gasteiger partial charge in [0.05, 0.1) is 25.0 Å². The Balaban J connectivity index is 1.32. The van der Waals surface area contributed by atoms with E-state index in [1.807, 2.05) is 24.4 Å². The first-order valence-corrected chi connectivity index (χ1v) is 12.3. The van der Waals surface area contributed by atoms with E-state index in [-0.39, 0.29) is 13.1 Å². The van der Waals surface area contributed by atoms with Gasteiger partial charge in [-0.15, -0.1) is 0 Å². The zero-order chi connectivity index (χ0) is 26.2. The summed E-state index contributed by atoms with van der Waals surface area (Å²) in [6.07, 6.45) is -0.979. The summed E-state index contributed by atoms with van der Waals surface area (Å²) in [7, 11) is 3.61. The van der Waals surface area contributed by atoms with E-state index in [0.29, 0.717) is 24.3 Å². The number of pyridine rings is 1. The molecule has 8 nitrogen and oxygen atoms in total. The van der Waals surface area contributed by atoms with E-state index in [0.717, 1.165) is 65.6 Å². The maximum atomic E-state index is 12.9. The van der Waals surface area contributed by atoms with Crippen LogP contribution in [0.15, 0.2) is 36.7 Å². The van der Waals surface area contributed by atoms with Gasteiger partial charge < -0.3 is 19.3 Å². The summed E-state index contributed by atoms with van der Waals surface area (Å²) in [5.41, 5.74) is 4.06. The molecule has 2 aliphatic heterocycles. The number of methoxy groups -OCH3 is 1. The van der Waals surface area contributed by atoms with Crippen LogP contribution in [0.4, 0.5) is 13.2 Å². The highest BCUT2D eigenvalue weighted by atomic mass is 19.4. The number of fused-ring (bicyclic) bond motifs is 2. The van der Waals surface area contributed by atoms with Crippen molar-refractivity contribution in [3.63, 3.8) is 0 Å². The molecule has 1 fully saturated rings. The summed E-state index contributed by atoms with van der Waals surface area (Å²) in [4.78, 5) is 17.3. The van der Waals surface area contributed by atoms with Crippen LogP contribution in [0, 0.1) is 0 Å². The number of carbonyl (C=O) groups is 1. The molecule has 0 bridgehead atoms. The van der Waals surface area contributed by atoms with E-state index in [4.69, 9.17) is 9.47 Å². The van der Waals surface area contributed by atoms with Gasteiger partial charge in [0.25, 0.3) is 0 Å². The van der Waals surface area contributed by atoms with E-state index in [1.165, 1.54) is 7.11 Å². The van der Waals surface area contributed by atoms with Gasteiger partial charge in [-0.1, -0.05) is 6.07 Å². The molecule has 198 valence electrons. The number of hydrogen-bond donors (Lipinski definition) is 0. The quantitative estimate of drug-likeness (QED) is 0.501. The van der Waals surface area contributed by atoms with Crippen molar-refractivity contribution < 1.29 is 27.4 Å². The number of rotatable bonds is 6. The summed E-state index contributed by atoms with van der Waals surface area (Å²) in [6.45, 7) is 5.56. The van der Waals surface area contributed by atoms with Crippen LogP contribution in [0.5, 0.6) is 11.5 Å². The van der Waals surface area contributed by atoms with Crippen molar-refractivity contribution >= 4 is 11.4 Å². The Hall–Kier alpha value is -3.31. The fourth-order valence-electron chi connectivity index (χ4n) is 4.96. The molecular formula is C26H30F3N5O3. The van der Waals surface area contributed by atoms with E-state index < -0.39 is 12.1 Å². The standard InChI is InChI=1S/C26H30F3N5O3/c1-31-7-9-32(10-8-31)11-12-37-20-3-4-23-21(15-30-34(23)16-20)19-13-18-5-6-33(25(35)26(27,28)29)17-22(18)24(14-19)36-2/h3-4,13-16H,5-12,17H2,1-2H3. The molecule has 1 aromatic carbocycles. The SMILES string of the molecule is COc1cc(-c2cnn3cc(OCCN4CCN(C)CC4)ccc23)cc2c1CN(C(=O)C(F)(F)F)CC2. The number of carbonyl (C=O) groups excluding carboxylic acids is 1. The molecule has 5 rings (SSSR count). The molecule has 1 saturated heterocycles. The Morgan fingerprint density at radius 2 is 1.89 bits per heavy atom. The minimum atomic E-state index is -4.89. The van der Waals surface area contributed by atoms with Gasteiger partial charge in [0.1, 0.15) is 18.1 Å². The summed E-state index contributed by atoms with van der Waals surface area (Å²) in [5, 5.41) is 4.49. The summed E-state index contributed by atoms with van der Waals surface area (Å²) in [5.74, 6) is -0.641. The lowest BCUT2D eigenvalue weighted by Gasteiger charge is -2.32. The van der Waals surface area contributed by atoms with E-state index in [1.54, 1.807) is 16.8 Å². The number of ether oxygens (including phenoxy) is 2. The van der Waals surface area contributed by atoms with E-state index >= 15 is 0 Å². The Bertz CT molecular complexity index is 1270. The number of piperazine rings is 1. The first kappa shape index (κ1) is 25.3. The van der Waals surface area contributed by atoms with Gasteiger partial charge in [-0.3, -0.25) is 9.69 Å². The van der Waals surface area contributed by atoms with Gasteiger partial charge in [-0.05, 0) is 42.8 Å². The third-order valence-corrected chi connectivity index (χ3v) is 7.12. The fraction of sp³-hybridized carbons (Fsp3) is 0.462. The first-order chi connectivity index (χ1) is 17.7. The van der Waals surface area contributed by atoms with Crippen LogP contribution < -0.4 is 9.47 Å². The van der Waals surface area contributed by atoms with Crippen LogP contribution in [0.1, 0.15) is 11.1 Å². The smallest absolute Gasteiger partial charge is 0.471 e. The summed E-state index contributed by atoms with van der Waals surface area (Å²) in [6, 6.07) is 7.60. The fourth-order valence-corrected chi connectivity index (χ4v) is 4.96. The van der Waals surface area contributed by atoms with E-state index in [2.05, 4.69) is 21.9 Å². The minimum absolute atomic E-state index is 0.00153. The molecule has 1 amide bonds. The van der Waals surface area contributed by atoms with Crippen molar-refractivity contribution in [3.8, 4) is 22.6 Å². The Kier molecular flexibility index (Phi) is 7.00. The second-order valence-electron chi connectivity index (χ2n) is 9.54. The number of benzene rings is 1. The molecule has 0 N–H and O–H groups in total. The third kappa shape index (κ3) is 5.37. The Morgan fingerprint density at radius 3 is 2.62 bits per heavy atom. The average Bonchev–Trinajstić information content (AvgIpc) is 3.31. The maximum Gasteiger partial charge on any atom is 0.471 e.